The highest BCUT2D eigenvalue weighted by molar-refractivity contribution is 8.13. The van der Waals surface area contributed by atoms with Crippen LogP contribution in [0.2, 0.25) is 10.0 Å². The first-order chi connectivity index (χ1) is 9.68. The molecule has 21 heavy (non-hydrogen) atoms. The van der Waals surface area contributed by atoms with E-state index in [4.69, 9.17) is 44.1 Å². The molecular formula is C12H14Cl2F3O2PS. The lowest BCUT2D eigenvalue weighted by atomic mass is 10.4. The molecule has 0 spiro atoms. The summed E-state index contributed by atoms with van der Waals surface area (Å²) < 4.78 is 47.5. The molecule has 1 atom stereocenters. The maximum absolute atomic E-state index is 12.4. The second-order valence-corrected chi connectivity index (χ2v) is 8.46. The Hall–Kier alpha value is 0.160. The molecule has 1 rings (SSSR count). The van der Waals surface area contributed by atoms with E-state index in [9.17, 15) is 13.2 Å². The number of halogens is 5. The zero-order valence-corrected chi connectivity index (χ0v) is 14.3. The molecule has 120 valence electrons. The summed E-state index contributed by atoms with van der Waals surface area (Å²) >= 11 is 16.9. The van der Waals surface area contributed by atoms with E-state index >= 15 is 0 Å². The van der Waals surface area contributed by atoms with Gasteiger partial charge in [0.25, 0.3) is 0 Å². The largest absolute Gasteiger partial charge is 0.412 e. The molecule has 0 saturated carbocycles. The van der Waals surface area contributed by atoms with Gasteiger partial charge in [-0.15, -0.1) is 0 Å². The third-order valence-corrected chi connectivity index (χ3v) is 6.28. The zero-order valence-electron chi connectivity index (χ0n) is 11.1. The van der Waals surface area contributed by atoms with E-state index in [1.54, 1.807) is 0 Å². The summed E-state index contributed by atoms with van der Waals surface area (Å²) in [6.07, 6.45) is -2.97. The fourth-order valence-electron chi connectivity index (χ4n) is 1.33. The maximum atomic E-state index is 12.4. The molecule has 1 aromatic carbocycles. The van der Waals surface area contributed by atoms with E-state index < -0.39 is 19.3 Å². The molecule has 9 heteroatoms. The maximum Gasteiger partial charge on any atom is 0.412 e. The predicted molar refractivity (Wildman–Crippen MR) is 83.2 cm³/mol. The van der Waals surface area contributed by atoms with E-state index in [1.165, 1.54) is 18.2 Å². The molecule has 1 aromatic rings. The van der Waals surface area contributed by atoms with Gasteiger partial charge in [0, 0.05) is 5.30 Å². The highest BCUT2D eigenvalue weighted by Crippen LogP contribution is 2.49. The fourth-order valence-corrected chi connectivity index (χ4v) is 4.03. The summed E-state index contributed by atoms with van der Waals surface area (Å²) in [5.41, 5.74) is 0. The van der Waals surface area contributed by atoms with Crippen molar-refractivity contribution < 1.29 is 22.2 Å². The van der Waals surface area contributed by atoms with Crippen molar-refractivity contribution in [2.75, 3.05) is 13.2 Å². The van der Waals surface area contributed by atoms with Crippen LogP contribution in [0.3, 0.4) is 0 Å². The van der Waals surface area contributed by atoms with Gasteiger partial charge < -0.3 is 9.05 Å². The second-order valence-electron chi connectivity index (χ2n) is 4.17. The standard InChI is InChI=1S/C12H14Cl2F3O2PS/c1-2-3-6-18-20(21,19-8-12(15,16)17)9-4-5-10(13)11(14)7-9/h4-5,7H,2-3,6,8H2,1H3. The van der Waals surface area contributed by atoms with Crippen LogP contribution in [-0.4, -0.2) is 19.4 Å². The lowest BCUT2D eigenvalue weighted by Crippen LogP contribution is -2.20. The van der Waals surface area contributed by atoms with E-state index in [1.807, 2.05) is 6.92 Å². The number of benzene rings is 1. The van der Waals surface area contributed by atoms with Crippen molar-refractivity contribution in [3.63, 3.8) is 0 Å². The molecule has 0 saturated heterocycles. The Morgan fingerprint density at radius 2 is 1.86 bits per heavy atom. The molecule has 0 aliphatic carbocycles. The molecule has 0 fully saturated rings. The highest BCUT2D eigenvalue weighted by Gasteiger charge is 2.33. The average molecular weight is 381 g/mol. The van der Waals surface area contributed by atoms with E-state index in [0.717, 1.165) is 6.42 Å². The van der Waals surface area contributed by atoms with Gasteiger partial charge >= 0.3 is 6.18 Å². The Labute approximate surface area is 136 Å². The second kappa shape index (κ2) is 8.14. The van der Waals surface area contributed by atoms with Gasteiger partial charge in [0.1, 0.15) is 0 Å². The first-order valence-corrected chi connectivity index (χ1v) is 9.49. The molecule has 2 nitrogen and oxygen atoms in total. The summed E-state index contributed by atoms with van der Waals surface area (Å²) in [5, 5.41) is 0.789. The average Bonchev–Trinajstić information content (AvgIpc) is 2.39. The van der Waals surface area contributed by atoms with Gasteiger partial charge in [-0.1, -0.05) is 36.5 Å². The van der Waals surface area contributed by atoms with Crippen molar-refractivity contribution in [1.29, 1.82) is 0 Å². The van der Waals surface area contributed by atoms with E-state index in [0.29, 0.717) is 11.7 Å². The van der Waals surface area contributed by atoms with Crippen LogP contribution < -0.4 is 5.30 Å². The third kappa shape index (κ3) is 6.43. The van der Waals surface area contributed by atoms with Gasteiger partial charge in [0.05, 0.1) is 16.7 Å². The SMILES string of the molecule is CCCCOP(=S)(OCC(F)(F)F)c1ccc(Cl)c(Cl)c1. The van der Waals surface area contributed by atoms with Crippen molar-refractivity contribution in [2.24, 2.45) is 0 Å². The molecular weight excluding hydrogens is 367 g/mol. The van der Waals surface area contributed by atoms with Crippen LogP contribution in [0.4, 0.5) is 13.2 Å². The lowest BCUT2D eigenvalue weighted by Gasteiger charge is -2.23. The molecule has 0 amide bonds. The van der Waals surface area contributed by atoms with Gasteiger partial charge in [-0.2, -0.15) is 13.2 Å². The minimum atomic E-state index is -4.48. The lowest BCUT2D eigenvalue weighted by molar-refractivity contribution is -0.153. The van der Waals surface area contributed by atoms with Crippen molar-refractivity contribution in [3.8, 4) is 0 Å². The number of hydrogen-bond donors (Lipinski definition) is 0. The molecule has 1 unspecified atom stereocenters. The van der Waals surface area contributed by atoms with Crippen LogP contribution in [0.25, 0.3) is 0 Å². The van der Waals surface area contributed by atoms with Gasteiger partial charge in [0.2, 0.25) is 6.49 Å². The summed E-state index contributed by atoms with van der Waals surface area (Å²) in [5.74, 6) is 0. The summed E-state index contributed by atoms with van der Waals surface area (Å²) in [4.78, 5) is 0. The van der Waals surface area contributed by atoms with Crippen LogP contribution in [0.1, 0.15) is 19.8 Å². The van der Waals surface area contributed by atoms with Gasteiger partial charge in [0.15, 0.2) is 6.61 Å². The molecule has 0 heterocycles. The minimum absolute atomic E-state index is 0.193. The van der Waals surface area contributed by atoms with Crippen molar-refractivity contribution in [3.05, 3.63) is 28.2 Å². The molecule has 0 aliphatic rings. The van der Waals surface area contributed by atoms with Gasteiger partial charge in [-0.25, -0.2) is 0 Å². The predicted octanol–water partition coefficient (Wildman–Crippen LogP) is 5.32. The van der Waals surface area contributed by atoms with Crippen LogP contribution in [0, 0.1) is 0 Å². The van der Waals surface area contributed by atoms with Crippen LogP contribution in [0.15, 0.2) is 18.2 Å². The summed E-state index contributed by atoms with van der Waals surface area (Å²) in [6, 6.07) is 4.34. The van der Waals surface area contributed by atoms with Gasteiger partial charge in [-0.05, 0) is 36.4 Å². The monoisotopic (exact) mass is 380 g/mol. The summed E-state index contributed by atoms with van der Waals surface area (Å²) in [7, 11) is 0. The Morgan fingerprint density at radius 3 is 2.38 bits per heavy atom. The molecule has 0 radical (unpaired) electrons. The minimum Gasteiger partial charge on any atom is -0.326 e. The van der Waals surface area contributed by atoms with Crippen LogP contribution >= 0.6 is 29.7 Å². The van der Waals surface area contributed by atoms with Crippen molar-refractivity contribution in [2.45, 2.75) is 25.9 Å². The Morgan fingerprint density at radius 1 is 1.19 bits per heavy atom. The first kappa shape index (κ1) is 19.2. The van der Waals surface area contributed by atoms with E-state index in [-0.39, 0.29) is 16.7 Å². The molecule has 0 bridgehead atoms. The zero-order chi connectivity index (χ0) is 16.1. The molecule has 0 aromatic heterocycles. The Bertz CT molecular complexity index is 526. The smallest absolute Gasteiger partial charge is 0.326 e. The van der Waals surface area contributed by atoms with E-state index in [2.05, 4.69) is 0 Å². The number of alkyl halides is 3. The summed E-state index contributed by atoms with van der Waals surface area (Å²) in [6.45, 7) is -2.57. The molecule has 0 aliphatic heterocycles. The number of unbranched alkanes of at least 4 members (excludes halogenated alkanes) is 1. The van der Waals surface area contributed by atoms with Crippen LogP contribution in [-0.2, 0) is 20.9 Å². The quantitative estimate of drug-likeness (QED) is 0.470. The van der Waals surface area contributed by atoms with Crippen molar-refractivity contribution >= 4 is 46.8 Å². The van der Waals surface area contributed by atoms with Gasteiger partial charge in [-0.3, -0.25) is 0 Å². The number of hydrogen-bond acceptors (Lipinski definition) is 3. The van der Waals surface area contributed by atoms with Crippen molar-refractivity contribution in [1.82, 2.24) is 0 Å². The topological polar surface area (TPSA) is 18.5 Å². The van der Waals surface area contributed by atoms with Crippen LogP contribution in [0.5, 0.6) is 0 Å². The highest BCUT2D eigenvalue weighted by atomic mass is 35.5. The molecule has 0 N–H and O–H groups in total. The first-order valence-electron chi connectivity index (χ1n) is 6.09. The Balaban J connectivity index is 2.99. The normalized spacial score (nSPS) is 15.0. The fraction of sp³-hybridized carbons (Fsp3) is 0.500. The third-order valence-electron chi connectivity index (χ3n) is 2.38. The number of rotatable bonds is 7. The Kier molecular flexibility index (Phi) is 7.44.